The quantitative estimate of drug-likeness (QED) is 0.646. The molecule has 162 valence electrons. The van der Waals surface area contributed by atoms with E-state index >= 15 is 0 Å². The second-order valence-electron chi connectivity index (χ2n) is 9.40. The van der Waals surface area contributed by atoms with E-state index in [4.69, 9.17) is 4.74 Å². The third-order valence-corrected chi connectivity index (χ3v) is 6.19. The molecule has 1 fully saturated rings. The van der Waals surface area contributed by atoms with Crippen LogP contribution in [-0.2, 0) is 5.54 Å². The molecule has 1 saturated heterocycles. The van der Waals surface area contributed by atoms with Gasteiger partial charge >= 0.3 is 0 Å². The maximum atomic E-state index is 14.8. The second-order valence-corrected chi connectivity index (χ2v) is 9.40. The summed E-state index contributed by atoms with van der Waals surface area (Å²) < 4.78 is 22.8. The molecule has 5 rings (SSSR count). The summed E-state index contributed by atoms with van der Waals surface area (Å²) in [4.78, 5) is 27.4. The summed E-state index contributed by atoms with van der Waals surface area (Å²) in [5, 5.41) is 11.5. The van der Waals surface area contributed by atoms with Gasteiger partial charge in [-0.1, -0.05) is 6.07 Å². The van der Waals surface area contributed by atoms with Crippen LogP contribution < -0.4 is 4.74 Å². The van der Waals surface area contributed by atoms with E-state index in [0.717, 1.165) is 0 Å². The number of halogens is 1. The highest BCUT2D eigenvalue weighted by atomic mass is 19.1. The molecular weight excluding hydrogens is 401 g/mol. The topological polar surface area (TPSA) is 93.1 Å². The number of nitrogens with one attached hydrogen (secondary N) is 1. The van der Waals surface area contributed by atoms with Crippen molar-refractivity contribution in [3.63, 3.8) is 0 Å². The summed E-state index contributed by atoms with van der Waals surface area (Å²) in [5.74, 6) is -0.502. The van der Waals surface area contributed by atoms with Gasteiger partial charge in [0.2, 0.25) is 0 Å². The number of fused-ring (bicyclic) bond motifs is 2. The van der Waals surface area contributed by atoms with Gasteiger partial charge in [-0.05, 0) is 26.8 Å². The lowest BCUT2D eigenvalue weighted by Crippen LogP contribution is -2.52. The molecule has 1 aromatic carbocycles. The zero-order valence-corrected chi connectivity index (χ0v) is 17.7. The average molecular weight is 425 g/mol. The molecule has 0 unspecified atom stereocenters. The zero-order valence-electron chi connectivity index (χ0n) is 17.7. The van der Waals surface area contributed by atoms with Crippen LogP contribution in [-0.4, -0.2) is 55.3 Å². The predicted molar refractivity (Wildman–Crippen MR) is 111 cm³/mol. The number of piperidine rings is 1. The third-order valence-electron chi connectivity index (χ3n) is 6.19. The number of hydrogen-bond donors (Lipinski definition) is 1. The molecule has 9 heteroatoms. The molecule has 8 nitrogen and oxygen atoms in total. The van der Waals surface area contributed by atoms with Crippen molar-refractivity contribution in [2.45, 2.75) is 51.2 Å². The largest absolute Gasteiger partial charge is 0.483 e. The lowest BCUT2D eigenvalue weighted by molar-refractivity contribution is -0.00594. The molecule has 0 saturated carbocycles. The van der Waals surface area contributed by atoms with Gasteiger partial charge < -0.3 is 9.64 Å². The van der Waals surface area contributed by atoms with E-state index in [1.54, 1.807) is 21.8 Å². The number of likely N-dealkylation sites (tertiary alicyclic amines) is 1. The van der Waals surface area contributed by atoms with Gasteiger partial charge in [-0.25, -0.2) is 4.39 Å². The van der Waals surface area contributed by atoms with Gasteiger partial charge in [-0.2, -0.15) is 10.2 Å². The lowest BCUT2D eigenvalue weighted by Gasteiger charge is -2.43. The molecule has 31 heavy (non-hydrogen) atoms. The minimum absolute atomic E-state index is 0.0158. The molecule has 1 spiro atoms. The first kappa shape index (κ1) is 19.7. The number of H-pyrrole nitrogens is 1. The first-order valence-electron chi connectivity index (χ1n) is 10.4. The molecule has 1 amide bonds. The fourth-order valence-corrected chi connectivity index (χ4v) is 4.33. The molecule has 2 aliphatic rings. The van der Waals surface area contributed by atoms with Gasteiger partial charge in [0.15, 0.2) is 23.0 Å². The van der Waals surface area contributed by atoms with Gasteiger partial charge in [0.25, 0.3) is 5.91 Å². The Hall–Kier alpha value is -3.23. The Bertz CT molecular complexity index is 1200. The lowest BCUT2D eigenvalue weighted by atomic mass is 9.83. The van der Waals surface area contributed by atoms with Crippen molar-refractivity contribution in [2.24, 2.45) is 0 Å². The Balaban J connectivity index is 1.34. The molecular formula is C22H24FN5O3. The molecule has 0 aliphatic carbocycles. The Morgan fingerprint density at radius 2 is 2.00 bits per heavy atom. The average Bonchev–Trinajstić information content (AvgIpc) is 3.35. The van der Waals surface area contributed by atoms with Crippen LogP contribution in [0.3, 0.4) is 0 Å². The van der Waals surface area contributed by atoms with Crippen LogP contribution in [0.15, 0.2) is 24.5 Å². The van der Waals surface area contributed by atoms with Crippen LogP contribution in [0.2, 0.25) is 0 Å². The molecule has 3 aromatic rings. The number of nitrogens with zero attached hydrogens (tertiary/aromatic N) is 4. The smallest absolute Gasteiger partial charge is 0.256 e. The number of aromatic nitrogens is 4. The van der Waals surface area contributed by atoms with Crippen molar-refractivity contribution in [2.75, 3.05) is 13.1 Å². The van der Waals surface area contributed by atoms with Crippen LogP contribution in [0.1, 0.15) is 60.9 Å². The van der Waals surface area contributed by atoms with E-state index in [-0.39, 0.29) is 34.7 Å². The van der Waals surface area contributed by atoms with E-state index in [2.05, 4.69) is 15.3 Å². The van der Waals surface area contributed by atoms with Crippen LogP contribution >= 0.6 is 0 Å². The molecule has 0 atom stereocenters. The third kappa shape index (κ3) is 3.19. The number of ketones is 1. The number of ether oxygens (including phenoxy) is 1. The number of aromatic amines is 1. The van der Waals surface area contributed by atoms with Crippen LogP contribution in [0.5, 0.6) is 5.75 Å². The standard InChI is InChI=1S/C22H24FN5O3/c1-21(2,3)28-12-16-19(26-28)15(29)10-22(31-16)6-8-27(9-7-22)20(30)14-5-4-13-11-24-25-18(13)17(14)23/h4-5,11-12H,6-10H2,1-3H3,(H,24,25). The first-order chi connectivity index (χ1) is 14.7. The van der Waals surface area contributed by atoms with E-state index in [1.807, 2.05) is 20.8 Å². The number of carbonyl (C=O) groups excluding carboxylic acids is 2. The molecule has 0 radical (unpaired) electrons. The SMILES string of the molecule is CC(C)(C)n1cc2c(n1)C(=O)CC1(CCN(C(=O)c3ccc4cn[nH]c4c3F)CC1)O2. The Morgan fingerprint density at radius 3 is 2.71 bits per heavy atom. The van der Waals surface area contributed by atoms with Crippen molar-refractivity contribution < 1.29 is 18.7 Å². The minimum Gasteiger partial charge on any atom is -0.483 e. The van der Waals surface area contributed by atoms with Crippen molar-refractivity contribution in [1.82, 2.24) is 24.9 Å². The van der Waals surface area contributed by atoms with Gasteiger partial charge in [-0.15, -0.1) is 0 Å². The van der Waals surface area contributed by atoms with Crippen molar-refractivity contribution in [3.8, 4) is 5.75 Å². The zero-order chi connectivity index (χ0) is 22.0. The molecule has 4 heterocycles. The predicted octanol–water partition coefficient (Wildman–Crippen LogP) is 3.29. The van der Waals surface area contributed by atoms with E-state index in [9.17, 15) is 14.0 Å². The molecule has 2 aromatic heterocycles. The van der Waals surface area contributed by atoms with Crippen LogP contribution in [0.25, 0.3) is 10.9 Å². The van der Waals surface area contributed by atoms with Crippen molar-refractivity contribution in [3.05, 3.63) is 41.6 Å². The monoisotopic (exact) mass is 425 g/mol. The van der Waals surface area contributed by atoms with Gasteiger partial charge in [-0.3, -0.25) is 19.4 Å². The van der Waals surface area contributed by atoms with Crippen molar-refractivity contribution in [1.29, 1.82) is 0 Å². The molecule has 0 bridgehead atoms. The Morgan fingerprint density at radius 1 is 1.26 bits per heavy atom. The maximum absolute atomic E-state index is 14.8. The summed E-state index contributed by atoms with van der Waals surface area (Å²) in [5.41, 5.74) is -0.303. The summed E-state index contributed by atoms with van der Waals surface area (Å²) >= 11 is 0. The van der Waals surface area contributed by atoms with Crippen LogP contribution in [0.4, 0.5) is 4.39 Å². The number of carbonyl (C=O) groups is 2. The van der Waals surface area contributed by atoms with Crippen LogP contribution in [0, 0.1) is 5.82 Å². The summed E-state index contributed by atoms with van der Waals surface area (Å²) in [6, 6.07) is 3.17. The van der Waals surface area contributed by atoms with Gasteiger partial charge in [0.05, 0.1) is 29.9 Å². The second kappa shape index (κ2) is 6.63. The van der Waals surface area contributed by atoms with E-state index in [1.165, 1.54) is 12.3 Å². The van der Waals surface area contributed by atoms with Gasteiger partial charge in [0, 0.05) is 31.3 Å². The number of Topliss-reactive ketones (excluding diaryl/α,β-unsaturated/α-hetero) is 1. The highest BCUT2D eigenvalue weighted by Gasteiger charge is 2.45. The summed E-state index contributed by atoms with van der Waals surface area (Å²) in [6.45, 7) is 6.80. The normalized spacial score (nSPS) is 18.3. The number of amides is 1. The van der Waals surface area contributed by atoms with Crippen molar-refractivity contribution >= 4 is 22.6 Å². The number of rotatable bonds is 1. The summed E-state index contributed by atoms with van der Waals surface area (Å²) in [7, 11) is 0. The maximum Gasteiger partial charge on any atom is 0.256 e. The fraction of sp³-hybridized carbons (Fsp3) is 0.455. The fourth-order valence-electron chi connectivity index (χ4n) is 4.33. The van der Waals surface area contributed by atoms with Gasteiger partial charge in [0.1, 0.15) is 11.1 Å². The molecule has 1 N–H and O–H groups in total. The highest BCUT2D eigenvalue weighted by molar-refractivity contribution is 5.99. The van der Waals surface area contributed by atoms with E-state index < -0.39 is 11.4 Å². The highest BCUT2D eigenvalue weighted by Crippen LogP contribution is 2.40. The molecule has 2 aliphatic heterocycles. The number of hydrogen-bond acceptors (Lipinski definition) is 5. The van der Waals surface area contributed by atoms with E-state index in [0.29, 0.717) is 42.8 Å². The minimum atomic E-state index is -0.654. The first-order valence-corrected chi connectivity index (χ1v) is 10.4. The summed E-state index contributed by atoms with van der Waals surface area (Å²) in [6.07, 6.45) is 4.53. The Labute approximate surface area is 178 Å². The Kier molecular flexibility index (Phi) is 4.22. The number of benzene rings is 1.